The summed E-state index contributed by atoms with van der Waals surface area (Å²) in [6, 6.07) is 0. The average molecular weight is 272 g/mol. The molecule has 0 bridgehead atoms. The standard InChI is InChI=1S/C8H18O.CH3NO.H3NO3S/c1-3-4-5-6-8(2)7-9;2-1-3;1-5(2,3)4/h8-9H,3-7H2,1-2H3;1H,(H2,2,3);(H3,1,2,3,4). The van der Waals surface area contributed by atoms with Crippen LogP contribution in [0.3, 0.4) is 0 Å². The van der Waals surface area contributed by atoms with Crippen molar-refractivity contribution in [2.75, 3.05) is 6.61 Å². The summed E-state index contributed by atoms with van der Waals surface area (Å²) in [7, 11) is -4.17. The Morgan fingerprint density at radius 3 is 1.94 bits per heavy atom. The van der Waals surface area contributed by atoms with E-state index in [9.17, 15) is 0 Å². The van der Waals surface area contributed by atoms with Crippen molar-refractivity contribution in [3.8, 4) is 0 Å². The molecule has 1 atom stereocenters. The summed E-state index contributed by atoms with van der Waals surface area (Å²) < 4.78 is 25.2. The molecule has 0 fully saturated rings. The molecule has 0 aliphatic carbocycles. The van der Waals surface area contributed by atoms with Gasteiger partial charge in [0.1, 0.15) is 0 Å². The Labute approximate surface area is 103 Å². The highest BCUT2D eigenvalue weighted by Crippen LogP contribution is 2.07. The molecule has 0 aliphatic rings. The highest BCUT2D eigenvalue weighted by Gasteiger charge is 1.97. The number of hydrogen-bond donors (Lipinski definition) is 4. The van der Waals surface area contributed by atoms with E-state index < -0.39 is 10.3 Å². The number of aliphatic hydroxyl groups is 1. The summed E-state index contributed by atoms with van der Waals surface area (Å²) in [5, 5.41) is 12.5. The first-order chi connectivity index (χ1) is 7.72. The zero-order valence-corrected chi connectivity index (χ0v) is 11.2. The number of nitrogens with two attached hydrogens (primary N) is 2. The van der Waals surface area contributed by atoms with E-state index >= 15 is 0 Å². The maximum Gasteiger partial charge on any atom is 0.330 e. The SMILES string of the molecule is CCCCCC(C)CO.NC=O.NS(=O)(=O)O. The topological polar surface area (TPSA) is 144 Å². The predicted octanol–water partition coefficient (Wildman–Crippen LogP) is 0.0445. The van der Waals surface area contributed by atoms with Crippen LogP contribution in [0.1, 0.15) is 39.5 Å². The van der Waals surface area contributed by atoms with Crippen molar-refractivity contribution in [2.45, 2.75) is 39.5 Å². The molecule has 0 heterocycles. The molecule has 0 saturated carbocycles. The number of carbonyl (C=O) groups excluding carboxylic acids is 1. The molecule has 106 valence electrons. The summed E-state index contributed by atoms with van der Waals surface area (Å²) in [5.74, 6) is 0.511. The van der Waals surface area contributed by atoms with Crippen LogP contribution in [-0.2, 0) is 15.1 Å². The average Bonchev–Trinajstić information content (AvgIpc) is 2.16. The Bertz CT molecular complexity index is 236. The van der Waals surface area contributed by atoms with E-state index in [1.54, 1.807) is 0 Å². The van der Waals surface area contributed by atoms with Crippen LogP contribution in [0.4, 0.5) is 0 Å². The maximum absolute atomic E-state index is 8.97. The number of hydrogen-bond acceptors (Lipinski definition) is 4. The van der Waals surface area contributed by atoms with Crippen LogP contribution in [0.25, 0.3) is 0 Å². The van der Waals surface area contributed by atoms with E-state index in [1.165, 1.54) is 25.7 Å². The minimum Gasteiger partial charge on any atom is -0.396 e. The van der Waals surface area contributed by atoms with Gasteiger partial charge in [0.15, 0.2) is 0 Å². The van der Waals surface area contributed by atoms with Gasteiger partial charge in [-0.2, -0.15) is 8.42 Å². The molecule has 17 heavy (non-hydrogen) atoms. The quantitative estimate of drug-likeness (QED) is 0.317. The molecule has 7 nitrogen and oxygen atoms in total. The van der Waals surface area contributed by atoms with Crippen LogP contribution in [0.2, 0.25) is 0 Å². The fourth-order valence-corrected chi connectivity index (χ4v) is 0.834. The number of amides is 1. The first kappa shape index (κ1) is 21.6. The summed E-state index contributed by atoms with van der Waals surface area (Å²) >= 11 is 0. The molecular weight excluding hydrogens is 248 g/mol. The normalized spacial score (nSPS) is 11.4. The van der Waals surface area contributed by atoms with Crippen LogP contribution in [0.5, 0.6) is 0 Å². The van der Waals surface area contributed by atoms with E-state index in [4.69, 9.17) is 22.9 Å². The highest BCUT2D eigenvalue weighted by molar-refractivity contribution is 7.83. The van der Waals surface area contributed by atoms with E-state index in [2.05, 4.69) is 24.7 Å². The van der Waals surface area contributed by atoms with E-state index in [0.717, 1.165) is 0 Å². The van der Waals surface area contributed by atoms with Gasteiger partial charge < -0.3 is 10.8 Å². The number of carbonyl (C=O) groups is 1. The van der Waals surface area contributed by atoms with Crippen molar-refractivity contribution in [1.82, 2.24) is 0 Å². The molecular formula is C9H24N2O5S. The lowest BCUT2D eigenvalue weighted by molar-refractivity contribution is -0.106. The third-order valence-corrected chi connectivity index (χ3v) is 1.61. The van der Waals surface area contributed by atoms with Gasteiger partial charge >= 0.3 is 10.3 Å². The molecule has 1 unspecified atom stereocenters. The van der Waals surface area contributed by atoms with Crippen molar-refractivity contribution < 1.29 is 22.9 Å². The molecule has 0 spiro atoms. The molecule has 6 N–H and O–H groups in total. The lowest BCUT2D eigenvalue weighted by atomic mass is 10.0. The van der Waals surface area contributed by atoms with Crippen LogP contribution in [0.15, 0.2) is 0 Å². The molecule has 0 rings (SSSR count). The van der Waals surface area contributed by atoms with Crippen LogP contribution in [-0.4, -0.2) is 31.1 Å². The van der Waals surface area contributed by atoms with E-state index in [-0.39, 0.29) is 6.41 Å². The van der Waals surface area contributed by atoms with Gasteiger partial charge in [-0.3, -0.25) is 9.35 Å². The number of aliphatic hydroxyl groups excluding tert-OH is 1. The number of unbranched alkanes of at least 4 members (excludes halogenated alkanes) is 2. The fourth-order valence-electron chi connectivity index (χ4n) is 0.834. The minimum atomic E-state index is -4.17. The van der Waals surface area contributed by atoms with Crippen molar-refractivity contribution in [3.63, 3.8) is 0 Å². The molecule has 0 radical (unpaired) electrons. The second-order valence-corrected chi connectivity index (χ2v) is 4.46. The van der Waals surface area contributed by atoms with Gasteiger partial charge in [0.2, 0.25) is 6.41 Å². The first-order valence-corrected chi connectivity index (χ1v) is 6.74. The Morgan fingerprint density at radius 2 is 1.71 bits per heavy atom. The minimum absolute atomic E-state index is 0.250. The monoisotopic (exact) mass is 272 g/mol. The molecule has 0 aromatic rings. The van der Waals surface area contributed by atoms with Gasteiger partial charge in [-0.15, -0.1) is 0 Å². The molecule has 0 saturated heterocycles. The largest absolute Gasteiger partial charge is 0.396 e. The Kier molecular flexibility index (Phi) is 19.4. The van der Waals surface area contributed by atoms with Crippen LogP contribution >= 0.6 is 0 Å². The van der Waals surface area contributed by atoms with Gasteiger partial charge in [0.05, 0.1) is 0 Å². The Balaban J connectivity index is -0.000000207. The smallest absolute Gasteiger partial charge is 0.330 e. The number of primary amides is 1. The number of rotatable bonds is 5. The Morgan fingerprint density at radius 1 is 1.35 bits per heavy atom. The summed E-state index contributed by atoms with van der Waals surface area (Å²) in [4.78, 5) is 8.58. The third kappa shape index (κ3) is 68.2. The van der Waals surface area contributed by atoms with Gasteiger partial charge in [-0.05, 0) is 12.3 Å². The molecule has 0 aromatic carbocycles. The van der Waals surface area contributed by atoms with Crippen LogP contribution < -0.4 is 10.9 Å². The predicted molar refractivity (Wildman–Crippen MR) is 66.4 cm³/mol. The summed E-state index contributed by atoms with van der Waals surface area (Å²) in [5.41, 5.74) is 4.17. The van der Waals surface area contributed by atoms with Gasteiger partial charge in [-0.1, -0.05) is 33.1 Å². The van der Waals surface area contributed by atoms with Gasteiger partial charge in [0.25, 0.3) is 0 Å². The molecule has 1 amide bonds. The zero-order chi connectivity index (χ0) is 14.3. The van der Waals surface area contributed by atoms with E-state index in [0.29, 0.717) is 12.5 Å². The summed E-state index contributed by atoms with van der Waals surface area (Å²) in [6.45, 7) is 4.64. The van der Waals surface area contributed by atoms with Crippen molar-refractivity contribution in [1.29, 1.82) is 0 Å². The van der Waals surface area contributed by atoms with Gasteiger partial charge in [-0.25, -0.2) is 5.14 Å². The summed E-state index contributed by atoms with van der Waals surface area (Å²) in [6.07, 6.45) is 5.30. The highest BCUT2D eigenvalue weighted by atomic mass is 32.2. The maximum atomic E-state index is 8.97. The fraction of sp³-hybridized carbons (Fsp3) is 0.889. The van der Waals surface area contributed by atoms with Crippen molar-refractivity contribution in [2.24, 2.45) is 16.8 Å². The molecule has 0 aliphatic heterocycles. The lowest BCUT2D eigenvalue weighted by Gasteiger charge is -2.04. The zero-order valence-electron chi connectivity index (χ0n) is 10.4. The lowest BCUT2D eigenvalue weighted by Crippen LogP contribution is -2.08. The second-order valence-electron chi connectivity index (χ2n) is 3.43. The van der Waals surface area contributed by atoms with Gasteiger partial charge in [0, 0.05) is 6.61 Å². The first-order valence-electron chi connectivity index (χ1n) is 5.24. The van der Waals surface area contributed by atoms with Crippen molar-refractivity contribution >= 4 is 16.7 Å². The van der Waals surface area contributed by atoms with Crippen LogP contribution in [0, 0.1) is 5.92 Å². The second kappa shape index (κ2) is 15.3. The van der Waals surface area contributed by atoms with Crippen molar-refractivity contribution in [3.05, 3.63) is 0 Å². The third-order valence-electron chi connectivity index (χ3n) is 1.61. The molecule has 0 aromatic heterocycles. The van der Waals surface area contributed by atoms with E-state index in [1.807, 2.05) is 0 Å². The Hall–Kier alpha value is -0.700. The molecule has 8 heteroatoms.